The number of nitrogens with zero attached hydrogens (tertiary/aromatic N) is 1. The van der Waals surface area contributed by atoms with E-state index in [0.29, 0.717) is 24.5 Å². The highest BCUT2D eigenvalue weighted by atomic mass is 16.5. The first kappa shape index (κ1) is 18.3. The number of carbonyl (C=O) groups excluding carboxylic acids is 1. The minimum Gasteiger partial charge on any atom is -0.491 e. The Hall–Kier alpha value is -2.08. The van der Waals surface area contributed by atoms with Gasteiger partial charge >= 0.3 is 5.97 Å². The Bertz CT molecular complexity index is 566. The van der Waals surface area contributed by atoms with Crippen LogP contribution in [0.3, 0.4) is 0 Å². The van der Waals surface area contributed by atoms with Crippen molar-refractivity contribution >= 4 is 11.9 Å². The van der Waals surface area contributed by atoms with Crippen LogP contribution in [0.5, 0.6) is 5.75 Å². The molecule has 6 heteroatoms. The summed E-state index contributed by atoms with van der Waals surface area (Å²) < 4.78 is 11.2. The molecule has 0 aromatic heterocycles. The fourth-order valence-electron chi connectivity index (χ4n) is 2.69. The van der Waals surface area contributed by atoms with Crippen LogP contribution < -0.4 is 4.74 Å². The van der Waals surface area contributed by atoms with Gasteiger partial charge in [0.25, 0.3) is 5.91 Å². The number of rotatable bonds is 8. The second-order valence-corrected chi connectivity index (χ2v) is 6.45. The molecule has 1 atom stereocenters. The molecule has 1 unspecified atom stereocenters. The van der Waals surface area contributed by atoms with Gasteiger partial charge in [-0.05, 0) is 37.0 Å². The Kier molecular flexibility index (Phi) is 6.61. The SMILES string of the molecule is CC(C)CN(CC(=O)O)C(=O)c1cccc(OCC2CCCO2)c1. The standard InChI is InChI=1S/C18H25NO5/c1-13(2)10-19(11-17(20)21)18(22)14-5-3-6-15(9-14)24-12-16-7-4-8-23-16/h3,5-6,9,13,16H,4,7-8,10-12H2,1-2H3,(H,20,21). The Morgan fingerprint density at radius 1 is 1.42 bits per heavy atom. The van der Waals surface area contributed by atoms with Gasteiger partial charge in [-0.15, -0.1) is 0 Å². The van der Waals surface area contributed by atoms with Crippen molar-refractivity contribution in [2.75, 3.05) is 26.3 Å². The van der Waals surface area contributed by atoms with Crippen LogP contribution in [0.2, 0.25) is 0 Å². The molecule has 0 radical (unpaired) electrons. The van der Waals surface area contributed by atoms with Crippen molar-refractivity contribution < 1.29 is 24.2 Å². The van der Waals surface area contributed by atoms with Crippen LogP contribution in [0.4, 0.5) is 0 Å². The lowest BCUT2D eigenvalue weighted by Crippen LogP contribution is -2.38. The van der Waals surface area contributed by atoms with E-state index in [9.17, 15) is 9.59 Å². The van der Waals surface area contributed by atoms with Crippen LogP contribution in [0.15, 0.2) is 24.3 Å². The zero-order valence-electron chi connectivity index (χ0n) is 14.2. The fourth-order valence-corrected chi connectivity index (χ4v) is 2.69. The predicted molar refractivity (Wildman–Crippen MR) is 89.3 cm³/mol. The van der Waals surface area contributed by atoms with Crippen LogP contribution in [-0.2, 0) is 9.53 Å². The summed E-state index contributed by atoms with van der Waals surface area (Å²) in [7, 11) is 0. The van der Waals surface area contributed by atoms with E-state index in [-0.39, 0.29) is 24.5 Å². The van der Waals surface area contributed by atoms with E-state index in [2.05, 4.69) is 0 Å². The smallest absolute Gasteiger partial charge is 0.323 e. The van der Waals surface area contributed by atoms with Crippen molar-refractivity contribution in [1.29, 1.82) is 0 Å². The number of carboxylic acid groups (broad SMARTS) is 1. The molecule has 0 saturated carbocycles. The van der Waals surface area contributed by atoms with Gasteiger partial charge in [0.05, 0.1) is 6.10 Å². The number of carbonyl (C=O) groups is 2. The van der Waals surface area contributed by atoms with E-state index in [1.165, 1.54) is 4.90 Å². The van der Waals surface area contributed by atoms with Crippen LogP contribution in [0.25, 0.3) is 0 Å². The monoisotopic (exact) mass is 335 g/mol. The number of hydrogen-bond donors (Lipinski definition) is 1. The summed E-state index contributed by atoms with van der Waals surface area (Å²) in [6, 6.07) is 6.87. The number of hydrogen-bond acceptors (Lipinski definition) is 4. The van der Waals surface area contributed by atoms with E-state index in [1.54, 1.807) is 24.3 Å². The highest BCUT2D eigenvalue weighted by molar-refractivity contribution is 5.96. The number of ether oxygens (including phenoxy) is 2. The summed E-state index contributed by atoms with van der Waals surface area (Å²) in [6.07, 6.45) is 2.14. The van der Waals surface area contributed by atoms with Crippen molar-refractivity contribution in [2.24, 2.45) is 5.92 Å². The molecule has 0 spiro atoms. The van der Waals surface area contributed by atoms with Gasteiger partial charge in [-0.25, -0.2) is 0 Å². The molecule has 6 nitrogen and oxygen atoms in total. The van der Waals surface area contributed by atoms with E-state index in [1.807, 2.05) is 13.8 Å². The highest BCUT2D eigenvalue weighted by Crippen LogP contribution is 2.18. The lowest BCUT2D eigenvalue weighted by atomic mass is 10.1. The minimum absolute atomic E-state index is 0.105. The first-order valence-corrected chi connectivity index (χ1v) is 8.31. The number of amides is 1. The van der Waals surface area contributed by atoms with Crippen molar-refractivity contribution in [3.8, 4) is 5.75 Å². The summed E-state index contributed by atoms with van der Waals surface area (Å²) >= 11 is 0. The summed E-state index contributed by atoms with van der Waals surface area (Å²) in [6.45, 7) is 5.21. The van der Waals surface area contributed by atoms with Gasteiger partial charge in [0.2, 0.25) is 0 Å². The third kappa shape index (κ3) is 5.53. The van der Waals surface area contributed by atoms with E-state index in [4.69, 9.17) is 14.6 Å². The second-order valence-electron chi connectivity index (χ2n) is 6.45. The maximum Gasteiger partial charge on any atom is 0.323 e. The zero-order chi connectivity index (χ0) is 17.5. The number of aliphatic carboxylic acids is 1. The Labute approximate surface area is 142 Å². The van der Waals surface area contributed by atoms with Crippen LogP contribution in [0.1, 0.15) is 37.0 Å². The average Bonchev–Trinajstić information content (AvgIpc) is 3.04. The van der Waals surface area contributed by atoms with Gasteiger partial charge in [0, 0.05) is 18.7 Å². The normalized spacial score (nSPS) is 17.0. The molecule has 0 aliphatic carbocycles. The summed E-state index contributed by atoms with van der Waals surface area (Å²) in [5.74, 6) is -0.535. The summed E-state index contributed by atoms with van der Waals surface area (Å²) in [5, 5.41) is 9.02. The molecule has 24 heavy (non-hydrogen) atoms. The third-order valence-electron chi connectivity index (χ3n) is 3.74. The number of benzene rings is 1. The first-order valence-electron chi connectivity index (χ1n) is 8.31. The molecule has 0 bridgehead atoms. The molecule has 1 aromatic rings. The van der Waals surface area contributed by atoms with Crippen LogP contribution in [-0.4, -0.2) is 54.3 Å². The molecule has 1 N–H and O–H groups in total. The molecule has 1 amide bonds. The number of carboxylic acids is 1. The van der Waals surface area contributed by atoms with Gasteiger partial charge in [-0.1, -0.05) is 19.9 Å². The molecule has 1 fully saturated rings. The summed E-state index contributed by atoms with van der Waals surface area (Å²) in [5.41, 5.74) is 0.432. The predicted octanol–water partition coefficient (Wildman–Crippen LogP) is 2.43. The maximum atomic E-state index is 12.6. The largest absolute Gasteiger partial charge is 0.491 e. The lowest BCUT2D eigenvalue weighted by Gasteiger charge is -2.23. The Balaban J connectivity index is 2.03. The van der Waals surface area contributed by atoms with Crippen molar-refractivity contribution in [2.45, 2.75) is 32.8 Å². The molecular weight excluding hydrogens is 310 g/mol. The maximum absolute atomic E-state index is 12.6. The van der Waals surface area contributed by atoms with Gasteiger partial charge < -0.3 is 19.5 Å². The molecule has 1 saturated heterocycles. The topological polar surface area (TPSA) is 76.1 Å². The summed E-state index contributed by atoms with van der Waals surface area (Å²) in [4.78, 5) is 25.0. The highest BCUT2D eigenvalue weighted by Gasteiger charge is 2.20. The van der Waals surface area contributed by atoms with Crippen molar-refractivity contribution in [3.63, 3.8) is 0 Å². The Morgan fingerprint density at radius 2 is 2.21 bits per heavy atom. The van der Waals surface area contributed by atoms with Gasteiger partial charge in [-0.2, -0.15) is 0 Å². The third-order valence-corrected chi connectivity index (χ3v) is 3.74. The van der Waals surface area contributed by atoms with E-state index < -0.39 is 5.97 Å². The lowest BCUT2D eigenvalue weighted by molar-refractivity contribution is -0.137. The van der Waals surface area contributed by atoms with Crippen molar-refractivity contribution in [3.05, 3.63) is 29.8 Å². The quantitative estimate of drug-likeness (QED) is 0.789. The minimum atomic E-state index is -1.02. The van der Waals surface area contributed by atoms with Gasteiger partial charge in [0.15, 0.2) is 0 Å². The van der Waals surface area contributed by atoms with E-state index in [0.717, 1.165) is 19.4 Å². The van der Waals surface area contributed by atoms with Gasteiger partial charge in [0.1, 0.15) is 18.9 Å². The van der Waals surface area contributed by atoms with Crippen molar-refractivity contribution in [1.82, 2.24) is 4.90 Å². The van der Waals surface area contributed by atoms with Crippen LogP contribution >= 0.6 is 0 Å². The molecule has 1 aliphatic rings. The first-order chi connectivity index (χ1) is 11.5. The molecule has 1 aromatic carbocycles. The second kappa shape index (κ2) is 8.68. The fraction of sp³-hybridized carbons (Fsp3) is 0.556. The van der Waals surface area contributed by atoms with Crippen LogP contribution in [0, 0.1) is 5.92 Å². The molecule has 2 rings (SSSR count). The molecule has 1 aliphatic heterocycles. The average molecular weight is 335 g/mol. The molecule has 1 heterocycles. The zero-order valence-corrected chi connectivity index (χ0v) is 14.2. The van der Waals surface area contributed by atoms with Gasteiger partial charge in [-0.3, -0.25) is 9.59 Å². The van der Waals surface area contributed by atoms with E-state index >= 15 is 0 Å². The molecular formula is C18H25NO5. The molecule has 132 valence electrons. The Morgan fingerprint density at radius 3 is 2.83 bits per heavy atom.